The van der Waals surface area contributed by atoms with Crippen LogP contribution in [0.15, 0.2) is 72.8 Å². The van der Waals surface area contributed by atoms with Crippen LogP contribution in [0, 0.1) is 0 Å². The Hall–Kier alpha value is -2.12. The third-order valence-electron chi connectivity index (χ3n) is 3.20. The Morgan fingerprint density at radius 2 is 1.28 bits per heavy atom. The molecule has 0 aliphatic carbocycles. The Balaban J connectivity index is 2.04. The lowest BCUT2D eigenvalue weighted by Crippen LogP contribution is -1.98. The van der Waals surface area contributed by atoms with Gasteiger partial charge in [0.05, 0.1) is 0 Å². The van der Waals surface area contributed by atoms with Gasteiger partial charge in [-0.05, 0) is 28.0 Å². The molecular formula is C17H14O. The zero-order valence-electron chi connectivity index (χ0n) is 9.95. The number of hydrogen-bond acceptors (Lipinski definition) is 1. The predicted molar refractivity (Wildman–Crippen MR) is 74.5 cm³/mol. The van der Waals surface area contributed by atoms with E-state index in [9.17, 15) is 5.11 Å². The molecule has 0 spiro atoms. The normalized spacial score (nSPS) is 12.5. The maximum Gasteiger partial charge on any atom is 0.104 e. The summed E-state index contributed by atoms with van der Waals surface area (Å²) in [7, 11) is 0. The van der Waals surface area contributed by atoms with Gasteiger partial charge in [-0.15, -0.1) is 0 Å². The number of rotatable bonds is 2. The van der Waals surface area contributed by atoms with Crippen LogP contribution in [-0.2, 0) is 0 Å². The maximum absolute atomic E-state index is 10.4. The van der Waals surface area contributed by atoms with E-state index in [1.807, 2.05) is 54.6 Å². The summed E-state index contributed by atoms with van der Waals surface area (Å²) in [4.78, 5) is 0. The SMILES string of the molecule is O[C@@H](c1ccccc1)c1ccc2ccccc2c1. The fraction of sp³-hybridized carbons (Fsp3) is 0.0588. The van der Waals surface area contributed by atoms with E-state index in [0.29, 0.717) is 0 Å². The van der Waals surface area contributed by atoms with Crippen molar-refractivity contribution in [3.63, 3.8) is 0 Å². The summed E-state index contributed by atoms with van der Waals surface area (Å²) in [6.45, 7) is 0. The van der Waals surface area contributed by atoms with Crippen molar-refractivity contribution >= 4 is 10.8 Å². The van der Waals surface area contributed by atoms with Gasteiger partial charge in [0, 0.05) is 0 Å². The van der Waals surface area contributed by atoms with Crippen LogP contribution in [-0.4, -0.2) is 5.11 Å². The largest absolute Gasteiger partial charge is 0.384 e. The van der Waals surface area contributed by atoms with Crippen molar-refractivity contribution in [3.8, 4) is 0 Å². The van der Waals surface area contributed by atoms with Crippen molar-refractivity contribution in [3.05, 3.63) is 83.9 Å². The molecule has 18 heavy (non-hydrogen) atoms. The van der Waals surface area contributed by atoms with Crippen molar-refractivity contribution in [2.75, 3.05) is 0 Å². The van der Waals surface area contributed by atoms with E-state index in [4.69, 9.17) is 0 Å². The second-order valence-electron chi connectivity index (χ2n) is 4.42. The Kier molecular flexibility index (Phi) is 2.83. The maximum atomic E-state index is 10.4. The molecule has 0 heterocycles. The number of fused-ring (bicyclic) bond motifs is 1. The summed E-state index contributed by atoms with van der Waals surface area (Å²) in [5, 5.41) is 12.7. The highest BCUT2D eigenvalue weighted by Gasteiger charge is 2.09. The van der Waals surface area contributed by atoms with Gasteiger partial charge >= 0.3 is 0 Å². The van der Waals surface area contributed by atoms with E-state index in [1.54, 1.807) is 0 Å². The minimum Gasteiger partial charge on any atom is -0.384 e. The van der Waals surface area contributed by atoms with Gasteiger partial charge in [0.1, 0.15) is 6.10 Å². The molecule has 1 atom stereocenters. The summed E-state index contributed by atoms with van der Waals surface area (Å²) < 4.78 is 0. The molecule has 0 aliphatic rings. The molecule has 0 saturated heterocycles. The van der Waals surface area contributed by atoms with Gasteiger partial charge < -0.3 is 5.11 Å². The number of hydrogen-bond donors (Lipinski definition) is 1. The second-order valence-corrected chi connectivity index (χ2v) is 4.42. The molecule has 1 N–H and O–H groups in total. The Morgan fingerprint density at radius 3 is 2.06 bits per heavy atom. The van der Waals surface area contributed by atoms with Gasteiger partial charge in [0.2, 0.25) is 0 Å². The first-order valence-corrected chi connectivity index (χ1v) is 6.06. The van der Waals surface area contributed by atoms with Gasteiger partial charge in [-0.25, -0.2) is 0 Å². The van der Waals surface area contributed by atoms with Crippen molar-refractivity contribution in [1.29, 1.82) is 0 Å². The van der Waals surface area contributed by atoms with Gasteiger partial charge in [-0.1, -0.05) is 66.7 Å². The van der Waals surface area contributed by atoms with E-state index in [2.05, 4.69) is 18.2 Å². The number of aliphatic hydroxyl groups is 1. The molecule has 0 amide bonds. The molecule has 3 aromatic rings. The average molecular weight is 234 g/mol. The number of aliphatic hydroxyl groups excluding tert-OH is 1. The molecule has 0 radical (unpaired) electrons. The summed E-state index contributed by atoms with van der Waals surface area (Å²) in [6.07, 6.45) is -0.559. The lowest BCUT2D eigenvalue weighted by molar-refractivity contribution is 0.220. The molecule has 0 unspecified atom stereocenters. The Bertz CT molecular complexity index is 659. The van der Waals surface area contributed by atoms with E-state index in [-0.39, 0.29) is 0 Å². The minimum atomic E-state index is -0.559. The number of benzene rings is 3. The van der Waals surface area contributed by atoms with Crippen LogP contribution in [0.5, 0.6) is 0 Å². The molecule has 0 bridgehead atoms. The van der Waals surface area contributed by atoms with Crippen molar-refractivity contribution in [2.45, 2.75) is 6.10 Å². The third kappa shape index (κ3) is 2.01. The van der Waals surface area contributed by atoms with Crippen molar-refractivity contribution in [2.24, 2.45) is 0 Å². The van der Waals surface area contributed by atoms with Crippen LogP contribution in [0.1, 0.15) is 17.2 Å². The fourth-order valence-electron chi connectivity index (χ4n) is 2.21. The van der Waals surface area contributed by atoms with Gasteiger partial charge in [-0.2, -0.15) is 0 Å². The van der Waals surface area contributed by atoms with E-state index in [1.165, 1.54) is 5.39 Å². The van der Waals surface area contributed by atoms with Crippen LogP contribution in [0.2, 0.25) is 0 Å². The second kappa shape index (κ2) is 4.63. The summed E-state index contributed by atoms with van der Waals surface area (Å²) >= 11 is 0. The molecule has 0 aliphatic heterocycles. The summed E-state index contributed by atoms with van der Waals surface area (Å²) in [6, 6.07) is 24.0. The zero-order chi connectivity index (χ0) is 12.4. The fourth-order valence-corrected chi connectivity index (χ4v) is 2.21. The minimum absolute atomic E-state index is 0.559. The van der Waals surface area contributed by atoms with Gasteiger partial charge in [0.25, 0.3) is 0 Å². The van der Waals surface area contributed by atoms with Gasteiger partial charge in [0.15, 0.2) is 0 Å². The lowest BCUT2D eigenvalue weighted by atomic mass is 9.99. The molecule has 88 valence electrons. The highest BCUT2D eigenvalue weighted by molar-refractivity contribution is 5.83. The molecule has 1 nitrogen and oxygen atoms in total. The van der Waals surface area contributed by atoms with Crippen LogP contribution in [0.25, 0.3) is 10.8 Å². The molecule has 3 rings (SSSR count). The first-order chi connectivity index (χ1) is 8.84. The highest BCUT2D eigenvalue weighted by Crippen LogP contribution is 2.25. The van der Waals surface area contributed by atoms with Crippen LogP contribution in [0.4, 0.5) is 0 Å². The molecular weight excluding hydrogens is 220 g/mol. The monoisotopic (exact) mass is 234 g/mol. The first kappa shape index (κ1) is 11.0. The molecule has 0 aromatic heterocycles. The van der Waals surface area contributed by atoms with Crippen LogP contribution < -0.4 is 0 Å². The van der Waals surface area contributed by atoms with Crippen LogP contribution in [0.3, 0.4) is 0 Å². The average Bonchev–Trinajstić information content (AvgIpc) is 2.47. The zero-order valence-corrected chi connectivity index (χ0v) is 9.95. The predicted octanol–water partition coefficient (Wildman–Crippen LogP) is 3.92. The topological polar surface area (TPSA) is 20.2 Å². The van der Waals surface area contributed by atoms with E-state index in [0.717, 1.165) is 16.5 Å². The first-order valence-electron chi connectivity index (χ1n) is 6.06. The lowest BCUT2D eigenvalue weighted by Gasteiger charge is -2.12. The van der Waals surface area contributed by atoms with E-state index >= 15 is 0 Å². The van der Waals surface area contributed by atoms with Crippen molar-refractivity contribution < 1.29 is 5.11 Å². The smallest absolute Gasteiger partial charge is 0.104 e. The van der Waals surface area contributed by atoms with E-state index < -0.39 is 6.10 Å². The Labute approximate surface area is 106 Å². The third-order valence-corrected chi connectivity index (χ3v) is 3.20. The molecule has 0 saturated carbocycles. The summed E-state index contributed by atoms with van der Waals surface area (Å²) in [5.41, 5.74) is 1.85. The standard InChI is InChI=1S/C17H14O/c18-17(14-7-2-1-3-8-14)16-11-10-13-6-4-5-9-15(13)12-16/h1-12,17-18H/t17-/m0/s1. The molecule has 0 fully saturated rings. The summed E-state index contributed by atoms with van der Waals surface area (Å²) in [5.74, 6) is 0. The molecule has 1 heteroatoms. The molecule has 3 aromatic carbocycles. The van der Waals surface area contributed by atoms with Crippen LogP contribution >= 0.6 is 0 Å². The quantitative estimate of drug-likeness (QED) is 0.712. The van der Waals surface area contributed by atoms with Gasteiger partial charge in [-0.3, -0.25) is 0 Å². The Morgan fingerprint density at radius 1 is 0.611 bits per heavy atom. The highest BCUT2D eigenvalue weighted by atomic mass is 16.3. The van der Waals surface area contributed by atoms with Crippen molar-refractivity contribution in [1.82, 2.24) is 0 Å².